The van der Waals surface area contributed by atoms with Crippen LogP contribution in [0.4, 0.5) is 31.5 Å². The molecule has 2 aliphatic rings. The topological polar surface area (TPSA) is 65.1 Å². The molecule has 0 aromatic heterocycles. The molecule has 2 heterocycles. The molecule has 5 rings (SSSR count). The van der Waals surface area contributed by atoms with Crippen molar-refractivity contribution in [3.8, 4) is 0 Å². The molecular formula is C34H37ClF2N4O3. The summed E-state index contributed by atoms with van der Waals surface area (Å²) in [6.45, 7) is 9.82. The summed E-state index contributed by atoms with van der Waals surface area (Å²) in [7, 11) is 0. The van der Waals surface area contributed by atoms with Gasteiger partial charge in [-0.15, -0.1) is 0 Å². The quantitative estimate of drug-likeness (QED) is 0.0861. The molecule has 0 bridgehead atoms. The fourth-order valence-corrected chi connectivity index (χ4v) is 6.18. The van der Waals surface area contributed by atoms with Crippen LogP contribution in [0, 0.1) is 11.6 Å². The van der Waals surface area contributed by atoms with Crippen LogP contribution in [0.5, 0.6) is 0 Å². The van der Waals surface area contributed by atoms with Crippen molar-refractivity contribution in [2.24, 2.45) is 0 Å². The molecule has 0 atom stereocenters. The number of halogens is 3. The molecule has 10 heteroatoms. The van der Waals surface area contributed by atoms with E-state index in [0.717, 1.165) is 31.3 Å². The fraction of sp³-hybridized carbons (Fsp3) is 0.353. The van der Waals surface area contributed by atoms with Crippen LogP contribution < -0.4 is 15.1 Å². The van der Waals surface area contributed by atoms with Gasteiger partial charge in [-0.3, -0.25) is 9.69 Å². The number of likely N-dealkylation sites (tertiary alicyclic amines) is 1. The maximum atomic E-state index is 15.9. The molecule has 7 nitrogen and oxygen atoms in total. The average Bonchev–Trinajstić information content (AvgIpc) is 3.03. The Balaban J connectivity index is 1.46. The van der Waals surface area contributed by atoms with Crippen molar-refractivity contribution in [1.82, 2.24) is 4.90 Å². The average molecular weight is 623 g/mol. The van der Waals surface area contributed by atoms with Crippen LogP contribution in [-0.2, 0) is 16.1 Å². The van der Waals surface area contributed by atoms with Crippen molar-refractivity contribution in [1.29, 1.82) is 0 Å². The number of anilines is 4. The number of nitrogens with one attached hydrogen (secondary N) is 1. The molecule has 3 aromatic rings. The van der Waals surface area contributed by atoms with Crippen LogP contribution >= 0.6 is 11.6 Å². The number of hydrogen-bond donors (Lipinski definition) is 1. The molecule has 0 aliphatic carbocycles. The molecule has 3 aromatic carbocycles. The lowest BCUT2D eigenvalue weighted by molar-refractivity contribution is -0.138. The normalized spacial score (nSPS) is 15.6. The number of hydrogen-bond acceptors (Lipinski definition) is 7. The predicted octanol–water partition coefficient (Wildman–Crippen LogP) is 6.98. The van der Waals surface area contributed by atoms with E-state index in [2.05, 4.69) is 16.8 Å². The SMILES string of the molecule is C=C(C(=O)OCC)C(=O)c1cc(F)c(N2CCN(c3ccccc3F)CC2)c(Cl)c1Nc1cccc(CN2CCCCC2)c1. The smallest absolute Gasteiger partial charge is 0.341 e. The van der Waals surface area contributed by atoms with Gasteiger partial charge in [-0.25, -0.2) is 13.6 Å². The van der Waals surface area contributed by atoms with E-state index in [4.69, 9.17) is 16.3 Å². The second kappa shape index (κ2) is 14.2. The minimum atomic E-state index is -0.878. The third kappa shape index (κ3) is 7.05. The maximum absolute atomic E-state index is 15.9. The molecule has 232 valence electrons. The van der Waals surface area contributed by atoms with Gasteiger partial charge in [0.25, 0.3) is 0 Å². The number of esters is 1. The summed E-state index contributed by atoms with van der Waals surface area (Å²) in [5.41, 5.74) is 2.00. The lowest BCUT2D eigenvalue weighted by Crippen LogP contribution is -2.47. The van der Waals surface area contributed by atoms with Gasteiger partial charge >= 0.3 is 5.97 Å². The summed E-state index contributed by atoms with van der Waals surface area (Å²) >= 11 is 6.94. The van der Waals surface area contributed by atoms with Crippen molar-refractivity contribution < 1.29 is 23.1 Å². The highest BCUT2D eigenvalue weighted by atomic mass is 35.5. The minimum Gasteiger partial charge on any atom is -0.462 e. The molecule has 0 spiro atoms. The Morgan fingerprint density at radius 3 is 2.32 bits per heavy atom. The largest absolute Gasteiger partial charge is 0.462 e. The number of nitrogens with zero attached hydrogens (tertiary/aromatic N) is 3. The first-order valence-electron chi connectivity index (χ1n) is 15.0. The van der Waals surface area contributed by atoms with E-state index < -0.39 is 23.1 Å². The van der Waals surface area contributed by atoms with E-state index in [1.807, 2.05) is 29.2 Å². The summed E-state index contributed by atoms with van der Waals surface area (Å²) in [6.07, 6.45) is 3.60. The predicted molar refractivity (Wildman–Crippen MR) is 171 cm³/mol. The monoisotopic (exact) mass is 622 g/mol. The van der Waals surface area contributed by atoms with Crippen molar-refractivity contribution in [3.05, 3.63) is 94.5 Å². The number of ketones is 1. The number of piperazine rings is 1. The molecular weight excluding hydrogens is 586 g/mol. The second-order valence-corrected chi connectivity index (χ2v) is 11.4. The summed E-state index contributed by atoms with van der Waals surface area (Å²) in [5.74, 6) is -2.69. The Morgan fingerprint density at radius 1 is 0.909 bits per heavy atom. The zero-order valence-electron chi connectivity index (χ0n) is 24.9. The summed E-state index contributed by atoms with van der Waals surface area (Å²) < 4.78 is 35.3. The number of carbonyl (C=O) groups excluding carboxylic acids is 2. The van der Waals surface area contributed by atoms with E-state index in [1.165, 1.54) is 25.3 Å². The Morgan fingerprint density at radius 2 is 1.61 bits per heavy atom. The zero-order chi connectivity index (χ0) is 31.2. The number of benzene rings is 3. The lowest BCUT2D eigenvalue weighted by atomic mass is 10.0. The van der Waals surface area contributed by atoms with E-state index >= 15 is 4.39 Å². The Labute approximate surface area is 262 Å². The van der Waals surface area contributed by atoms with Crippen LogP contribution in [0.25, 0.3) is 0 Å². The Bertz CT molecular complexity index is 1530. The van der Waals surface area contributed by atoms with Gasteiger partial charge in [-0.05, 0) is 68.8 Å². The van der Waals surface area contributed by atoms with E-state index in [-0.39, 0.29) is 34.4 Å². The van der Waals surface area contributed by atoms with Crippen molar-refractivity contribution >= 4 is 46.1 Å². The highest BCUT2D eigenvalue weighted by Gasteiger charge is 2.30. The molecule has 1 N–H and O–H groups in total. The Kier molecular flexibility index (Phi) is 10.2. The van der Waals surface area contributed by atoms with E-state index in [0.29, 0.717) is 37.6 Å². The van der Waals surface area contributed by atoms with Crippen LogP contribution in [0.15, 0.2) is 66.7 Å². The molecule has 0 radical (unpaired) electrons. The zero-order valence-corrected chi connectivity index (χ0v) is 25.6. The number of Topliss-reactive ketones (excluding diaryl/α,β-unsaturated/α-hetero) is 1. The van der Waals surface area contributed by atoms with Crippen LogP contribution in [0.1, 0.15) is 42.1 Å². The van der Waals surface area contributed by atoms with Crippen molar-refractivity contribution in [2.45, 2.75) is 32.7 Å². The molecule has 2 saturated heterocycles. The van der Waals surface area contributed by atoms with Crippen molar-refractivity contribution in [2.75, 3.05) is 61.0 Å². The first-order chi connectivity index (χ1) is 21.3. The standard InChI is InChI=1S/C34H37ClF2N4O3/c1-3-44-34(43)23(2)33(42)26-21-28(37)32(41-18-16-40(17-19-41)29-13-6-5-12-27(29)36)30(35)31(26)38-25-11-9-10-24(20-25)22-39-14-7-4-8-15-39/h5-6,9-13,20-21,38H,2-4,7-8,14-19,22H2,1H3. The number of piperidine rings is 1. The Hall–Kier alpha value is -3.95. The highest BCUT2D eigenvalue weighted by molar-refractivity contribution is 6.38. The number of carbonyl (C=O) groups is 2. The highest BCUT2D eigenvalue weighted by Crippen LogP contribution is 2.41. The van der Waals surface area contributed by atoms with Gasteiger partial charge in [0.15, 0.2) is 0 Å². The fourth-order valence-electron chi connectivity index (χ4n) is 5.82. The van der Waals surface area contributed by atoms with Crippen LogP contribution in [0.2, 0.25) is 5.02 Å². The van der Waals surface area contributed by atoms with Gasteiger partial charge < -0.3 is 19.9 Å². The van der Waals surface area contributed by atoms with Gasteiger partial charge in [-0.2, -0.15) is 0 Å². The number of para-hydroxylation sites is 1. The van der Waals surface area contributed by atoms with Gasteiger partial charge in [0.2, 0.25) is 5.78 Å². The second-order valence-electron chi connectivity index (χ2n) is 11.1. The van der Waals surface area contributed by atoms with Gasteiger partial charge in [-0.1, -0.05) is 48.9 Å². The molecule has 0 amide bonds. The molecule has 0 saturated carbocycles. The molecule has 44 heavy (non-hydrogen) atoms. The first kappa shape index (κ1) is 31.5. The lowest BCUT2D eigenvalue weighted by Gasteiger charge is -2.38. The van der Waals surface area contributed by atoms with Gasteiger partial charge in [0.05, 0.1) is 34.3 Å². The molecule has 2 aliphatic heterocycles. The number of rotatable bonds is 10. The van der Waals surface area contributed by atoms with Crippen LogP contribution in [0.3, 0.4) is 0 Å². The van der Waals surface area contributed by atoms with E-state index in [9.17, 15) is 14.0 Å². The maximum Gasteiger partial charge on any atom is 0.341 e. The first-order valence-corrected chi connectivity index (χ1v) is 15.4. The summed E-state index contributed by atoms with van der Waals surface area (Å²) in [5, 5.41) is 3.26. The van der Waals surface area contributed by atoms with Gasteiger partial charge in [0.1, 0.15) is 17.2 Å². The summed E-state index contributed by atoms with van der Waals surface area (Å²) in [6, 6.07) is 15.4. The van der Waals surface area contributed by atoms with Gasteiger partial charge in [0, 0.05) is 38.4 Å². The van der Waals surface area contributed by atoms with Crippen LogP contribution in [-0.4, -0.2) is 62.5 Å². The minimum absolute atomic E-state index is 0.00536. The third-order valence-corrected chi connectivity index (χ3v) is 8.44. The molecule has 0 unspecified atom stereocenters. The number of ether oxygens (including phenoxy) is 1. The molecule has 2 fully saturated rings. The summed E-state index contributed by atoms with van der Waals surface area (Å²) in [4.78, 5) is 32.0. The third-order valence-electron chi connectivity index (χ3n) is 8.07. The van der Waals surface area contributed by atoms with Crippen molar-refractivity contribution in [3.63, 3.8) is 0 Å². The van der Waals surface area contributed by atoms with E-state index in [1.54, 1.807) is 30.0 Å².